The third-order valence-electron chi connectivity index (χ3n) is 4.40. The van der Waals surface area contributed by atoms with E-state index in [1.54, 1.807) is 6.07 Å². The van der Waals surface area contributed by atoms with Crippen LogP contribution in [0.3, 0.4) is 0 Å². The van der Waals surface area contributed by atoms with Crippen LogP contribution in [0.2, 0.25) is 0 Å². The molecule has 2 aliphatic rings. The van der Waals surface area contributed by atoms with Crippen molar-refractivity contribution in [2.75, 3.05) is 18.0 Å². The average molecular weight is 260 g/mol. The molecule has 3 rings (SSSR count). The predicted molar refractivity (Wildman–Crippen MR) is 73.8 cm³/mol. The van der Waals surface area contributed by atoms with Crippen LogP contribution in [-0.2, 0) is 0 Å². The molecule has 5 nitrogen and oxygen atoms in total. The summed E-state index contributed by atoms with van der Waals surface area (Å²) in [5, 5.41) is 0. The van der Waals surface area contributed by atoms with Crippen LogP contribution in [0.5, 0.6) is 0 Å². The average Bonchev–Trinajstić information content (AvgIpc) is 2.81. The lowest BCUT2D eigenvalue weighted by Gasteiger charge is -2.27. The third-order valence-corrected chi connectivity index (χ3v) is 4.40. The van der Waals surface area contributed by atoms with Gasteiger partial charge in [0.2, 0.25) is 0 Å². The highest BCUT2D eigenvalue weighted by atomic mass is 16.1. The lowest BCUT2D eigenvalue weighted by Crippen LogP contribution is -2.32. The van der Waals surface area contributed by atoms with E-state index in [1.165, 1.54) is 6.42 Å². The molecule has 4 N–H and O–H groups in total. The number of carbonyl (C=O) groups is 1. The van der Waals surface area contributed by atoms with Gasteiger partial charge in [-0.05, 0) is 43.2 Å². The summed E-state index contributed by atoms with van der Waals surface area (Å²) >= 11 is 0. The quantitative estimate of drug-likeness (QED) is 0.821. The van der Waals surface area contributed by atoms with Crippen molar-refractivity contribution in [1.82, 2.24) is 4.98 Å². The Morgan fingerprint density at radius 2 is 2.05 bits per heavy atom. The first-order chi connectivity index (χ1) is 9.13. The van der Waals surface area contributed by atoms with E-state index in [9.17, 15) is 4.79 Å². The van der Waals surface area contributed by atoms with Crippen LogP contribution in [-0.4, -0.2) is 30.0 Å². The second kappa shape index (κ2) is 4.81. The van der Waals surface area contributed by atoms with Crippen LogP contribution in [0.1, 0.15) is 29.8 Å². The highest BCUT2D eigenvalue weighted by molar-refractivity contribution is 5.91. The second-order valence-corrected chi connectivity index (χ2v) is 5.74. The second-order valence-electron chi connectivity index (χ2n) is 5.74. The highest BCUT2D eigenvalue weighted by Crippen LogP contribution is 2.37. The van der Waals surface area contributed by atoms with Gasteiger partial charge in [-0.1, -0.05) is 6.07 Å². The maximum Gasteiger partial charge on any atom is 0.267 e. The molecule has 2 fully saturated rings. The first-order valence-electron chi connectivity index (χ1n) is 6.91. The minimum atomic E-state index is -0.472. The van der Waals surface area contributed by atoms with Crippen LogP contribution in [0.25, 0.3) is 0 Å². The largest absolute Gasteiger partial charge is 0.364 e. The smallest absolute Gasteiger partial charge is 0.267 e. The number of nitrogens with zero attached hydrogens (tertiary/aromatic N) is 2. The first kappa shape index (κ1) is 12.4. The number of nitrogens with two attached hydrogens (primary N) is 2. The van der Waals surface area contributed by atoms with E-state index < -0.39 is 5.91 Å². The van der Waals surface area contributed by atoms with E-state index in [-0.39, 0.29) is 0 Å². The number of pyridine rings is 1. The minimum Gasteiger partial charge on any atom is -0.364 e. The Labute approximate surface area is 113 Å². The summed E-state index contributed by atoms with van der Waals surface area (Å²) in [7, 11) is 0. The summed E-state index contributed by atoms with van der Waals surface area (Å²) in [5.74, 6) is 1.78. The number of rotatable bonds is 2. The van der Waals surface area contributed by atoms with Gasteiger partial charge >= 0.3 is 0 Å². The summed E-state index contributed by atoms with van der Waals surface area (Å²) in [6.45, 7) is 2.01. The maximum atomic E-state index is 11.2. The highest BCUT2D eigenvalue weighted by Gasteiger charge is 2.37. The Morgan fingerprint density at radius 3 is 2.84 bits per heavy atom. The van der Waals surface area contributed by atoms with Crippen molar-refractivity contribution in [2.45, 2.75) is 25.3 Å². The third kappa shape index (κ3) is 2.42. The van der Waals surface area contributed by atoms with Crippen LogP contribution < -0.4 is 16.4 Å². The van der Waals surface area contributed by atoms with Gasteiger partial charge in [0.1, 0.15) is 11.5 Å². The van der Waals surface area contributed by atoms with Crippen LogP contribution in [0.15, 0.2) is 18.2 Å². The van der Waals surface area contributed by atoms with E-state index in [0.29, 0.717) is 17.7 Å². The number of hydrogen-bond acceptors (Lipinski definition) is 4. The number of primary amides is 1. The van der Waals surface area contributed by atoms with Crippen molar-refractivity contribution >= 4 is 11.7 Å². The molecule has 0 spiro atoms. The topological polar surface area (TPSA) is 85.2 Å². The SMILES string of the molecule is NC(=O)c1cccc(N2C[C@H]3CCC(N)C[C@H]3C2)n1. The minimum absolute atomic E-state index is 0.337. The lowest BCUT2D eigenvalue weighted by molar-refractivity contribution is 0.0995. The van der Waals surface area contributed by atoms with Gasteiger partial charge in [0.05, 0.1) is 0 Å². The standard InChI is InChI=1S/C14H20N4O/c15-11-5-4-9-7-18(8-10(9)6-11)13-3-1-2-12(17-13)14(16)19/h1-3,9-11H,4-8,15H2,(H2,16,19)/t9-,10+,11?/m1/s1. The maximum absolute atomic E-state index is 11.2. The van der Waals surface area contributed by atoms with Crippen molar-refractivity contribution in [2.24, 2.45) is 23.3 Å². The molecule has 3 atom stereocenters. The molecule has 1 aromatic rings. The summed E-state index contributed by atoms with van der Waals surface area (Å²) in [4.78, 5) is 17.8. The number of aromatic nitrogens is 1. The van der Waals surface area contributed by atoms with E-state index >= 15 is 0 Å². The van der Waals surface area contributed by atoms with E-state index in [2.05, 4.69) is 9.88 Å². The fraction of sp³-hybridized carbons (Fsp3) is 0.571. The van der Waals surface area contributed by atoms with Crippen molar-refractivity contribution in [1.29, 1.82) is 0 Å². The first-order valence-corrected chi connectivity index (χ1v) is 6.91. The number of carbonyl (C=O) groups excluding carboxylic acids is 1. The Hall–Kier alpha value is -1.62. The van der Waals surface area contributed by atoms with Gasteiger partial charge < -0.3 is 16.4 Å². The fourth-order valence-corrected chi connectivity index (χ4v) is 3.39. The lowest BCUT2D eigenvalue weighted by atomic mass is 9.79. The molecule has 5 heteroatoms. The number of amides is 1. The molecule has 0 bridgehead atoms. The number of anilines is 1. The van der Waals surface area contributed by atoms with Gasteiger partial charge in [-0.15, -0.1) is 0 Å². The summed E-state index contributed by atoms with van der Waals surface area (Å²) < 4.78 is 0. The van der Waals surface area contributed by atoms with E-state index in [0.717, 1.165) is 37.7 Å². The molecule has 1 aliphatic heterocycles. The molecule has 19 heavy (non-hydrogen) atoms. The van der Waals surface area contributed by atoms with Crippen molar-refractivity contribution in [3.63, 3.8) is 0 Å². The van der Waals surface area contributed by atoms with Crippen molar-refractivity contribution < 1.29 is 4.79 Å². The van der Waals surface area contributed by atoms with Gasteiger partial charge in [0.15, 0.2) is 0 Å². The summed E-state index contributed by atoms with van der Waals surface area (Å²) in [6, 6.07) is 5.80. The zero-order valence-corrected chi connectivity index (χ0v) is 11.0. The fourth-order valence-electron chi connectivity index (χ4n) is 3.39. The Balaban J connectivity index is 1.77. The van der Waals surface area contributed by atoms with Crippen LogP contribution in [0, 0.1) is 11.8 Å². The number of fused-ring (bicyclic) bond motifs is 1. The molecule has 1 aromatic heterocycles. The molecule has 1 amide bonds. The molecule has 1 saturated carbocycles. The molecular weight excluding hydrogens is 240 g/mol. The zero-order chi connectivity index (χ0) is 13.4. The van der Waals surface area contributed by atoms with Crippen LogP contribution >= 0.6 is 0 Å². The molecular formula is C14H20N4O. The van der Waals surface area contributed by atoms with Crippen LogP contribution in [0.4, 0.5) is 5.82 Å². The summed E-state index contributed by atoms with van der Waals surface area (Å²) in [6.07, 6.45) is 3.44. The molecule has 0 radical (unpaired) electrons. The monoisotopic (exact) mass is 260 g/mol. The van der Waals surface area contributed by atoms with Gasteiger partial charge in [0, 0.05) is 19.1 Å². The van der Waals surface area contributed by atoms with Gasteiger partial charge in [-0.3, -0.25) is 4.79 Å². The van der Waals surface area contributed by atoms with Crippen molar-refractivity contribution in [3.8, 4) is 0 Å². The molecule has 2 heterocycles. The Kier molecular flexibility index (Phi) is 3.14. The van der Waals surface area contributed by atoms with Gasteiger partial charge in [-0.25, -0.2) is 4.98 Å². The van der Waals surface area contributed by atoms with Gasteiger partial charge in [0.25, 0.3) is 5.91 Å². The Morgan fingerprint density at radius 1 is 1.26 bits per heavy atom. The Bertz CT molecular complexity index is 490. The molecule has 0 aromatic carbocycles. The zero-order valence-electron chi connectivity index (χ0n) is 11.0. The number of hydrogen-bond donors (Lipinski definition) is 2. The normalized spacial score (nSPS) is 30.2. The van der Waals surface area contributed by atoms with E-state index in [1.807, 2.05) is 12.1 Å². The predicted octanol–water partition coefficient (Wildman–Crippen LogP) is 0.744. The molecule has 102 valence electrons. The summed E-state index contributed by atoms with van der Waals surface area (Å²) in [5.41, 5.74) is 11.7. The van der Waals surface area contributed by atoms with Crippen molar-refractivity contribution in [3.05, 3.63) is 23.9 Å². The van der Waals surface area contributed by atoms with E-state index in [4.69, 9.17) is 11.5 Å². The van der Waals surface area contributed by atoms with Gasteiger partial charge in [-0.2, -0.15) is 0 Å². The molecule has 1 unspecified atom stereocenters. The molecule has 1 aliphatic carbocycles. The molecule has 1 saturated heterocycles.